The highest BCUT2D eigenvalue weighted by atomic mass is 79.9. The summed E-state index contributed by atoms with van der Waals surface area (Å²) in [5.41, 5.74) is 6.76. The molecule has 86 valence electrons. The Morgan fingerprint density at radius 2 is 2.31 bits per heavy atom. The van der Waals surface area contributed by atoms with Crippen molar-refractivity contribution in [1.29, 1.82) is 0 Å². The van der Waals surface area contributed by atoms with E-state index in [-0.39, 0.29) is 5.91 Å². The van der Waals surface area contributed by atoms with Gasteiger partial charge in [-0.05, 0) is 40.5 Å². The molecule has 1 aliphatic rings. The zero-order valence-electron chi connectivity index (χ0n) is 8.69. The first-order valence-electron chi connectivity index (χ1n) is 5.10. The molecule has 1 aromatic rings. The molecule has 2 rings (SSSR count). The number of carbonyl (C=O) groups excluding carboxylic acids is 1. The number of halogens is 1. The van der Waals surface area contributed by atoms with Crippen molar-refractivity contribution in [3.8, 4) is 0 Å². The Bertz CT molecular complexity index is 422. The summed E-state index contributed by atoms with van der Waals surface area (Å²) in [6.45, 7) is 1.00. The number of anilines is 1. The molecule has 0 saturated carbocycles. The van der Waals surface area contributed by atoms with E-state index in [0.29, 0.717) is 30.8 Å². The smallest absolute Gasteiger partial charge is 0.255 e. The quantitative estimate of drug-likeness (QED) is 0.763. The van der Waals surface area contributed by atoms with E-state index in [1.165, 1.54) is 0 Å². The Hall–Kier alpha value is -1.07. The molecule has 4 nitrogen and oxygen atoms in total. The summed E-state index contributed by atoms with van der Waals surface area (Å²) in [7, 11) is 0. The number of β-amino-alcohol motifs (C(OH)–C–C–N with tert-alkyl or cyclic N) is 1. The third-order valence-corrected chi connectivity index (χ3v) is 3.36. The highest BCUT2D eigenvalue weighted by Gasteiger charge is 2.26. The molecule has 3 N–H and O–H groups in total. The van der Waals surface area contributed by atoms with Crippen molar-refractivity contribution in [1.82, 2.24) is 4.90 Å². The van der Waals surface area contributed by atoms with Gasteiger partial charge in [-0.15, -0.1) is 0 Å². The molecule has 1 atom stereocenters. The lowest BCUT2D eigenvalue weighted by molar-refractivity contribution is 0.0764. The molecule has 0 spiro atoms. The number of rotatable bonds is 1. The van der Waals surface area contributed by atoms with Gasteiger partial charge in [0, 0.05) is 23.2 Å². The lowest BCUT2D eigenvalue weighted by Crippen LogP contribution is -2.29. The van der Waals surface area contributed by atoms with Gasteiger partial charge in [0.25, 0.3) is 5.91 Å². The monoisotopic (exact) mass is 284 g/mol. The topological polar surface area (TPSA) is 66.6 Å². The molecule has 0 radical (unpaired) electrons. The molecule has 1 aromatic carbocycles. The first-order chi connectivity index (χ1) is 7.58. The van der Waals surface area contributed by atoms with Crippen LogP contribution in [-0.4, -0.2) is 35.1 Å². The number of aliphatic hydroxyl groups excluding tert-OH is 1. The second kappa shape index (κ2) is 4.43. The maximum atomic E-state index is 12.1. The van der Waals surface area contributed by atoms with Gasteiger partial charge in [-0.3, -0.25) is 4.79 Å². The first kappa shape index (κ1) is 11.4. The summed E-state index contributed by atoms with van der Waals surface area (Å²) < 4.78 is 0.730. The molecular formula is C11H13BrN2O2. The average Bonchev–Trinajstić information content (AvgIpc) is 2.67. The number of nitrogen functional groups attached to an aromatic ring is 1. The normalized spacial score (nSPS) is 20.1. The van der Waals surface area contributed by atoms with Crippen molar-refractivity contribution >= 4 is 27.5 Å². The largest absolute Gasteiger partial charge is 0.399 e. The van der Waals surface area contributed by atoms with Gasteiger partial charge in [0.05, 0.1) is 11.7 Å². The minimum Gasteiger partial charge on any atom is -0.399 e. The van der Waals surface area contributed by atoms with Crippen LogP contribution in [0.1, 0.15) is 16.8 Å². The molecule has 0 bridgehead atoms. The van der Waals surface area contributed by atoms with Crippen LogP contribution in [0.4, 0.5) is 5.69 Å². The third kappa shape index (κ3) is 2.20. The first-order valence-corrected chi connectivity index (χ1v) is 5.89. The van der Waals surface area contributed by atoms with E-state index in [2.05, 4.69) is 15.9 Å². The SMILES string of the molecule is Nc1ccc(Br)c(C(=O)N2CCC(O)C2)c1. The Morgan fingerprint density at radius 3 is 2.94 bits per heavy atom. The second-order valence-electron chi connectivity index (χ2n) is 3.93. The van der Waals surface area contributed by atoms with Crippen molar-refractivity contribution in [2.75, 3.05) is 18.8 Å². The number of amides is 1. The van der Waals surface area contributed by atoms with Crippen molar-refractivity contribution in [2.24, 2.45) is 0 Å². The van der Waals surface area contributed by atoms with E-state index < -0.39 is 6.10 Å². The van der Waals surface area contributed by atoms with Crippen LogP contribution in [0.15, 0.2) is 22.7 Å². The highest BCUT2D eigenvalue weighted by Crippen LogP contribution is 2.23. The number of benzene rings is 1. The summed E-state index contributed by atoms with van der Waals surface area (Å²) >= 11 is 3.33. The Balaban J connectivity index is 2.23. The minimum atomic E-state index is -0.399. The summed E-state index contributed by atoms with van der Waals surface area (Å²) in [5.74, 6) is -0.0873. The van der Waals surface area contributed by atoms with Crippen LogP contribution < -0.4 is 5.73 Å². The molecule has 16 heavy (non-hydrogen) atoms. The van der Waals surface area contributed by atoms with Gasteiger partial charge in [-0.1, -0.05) is 0 Å². The van der Waals surface area contributed by atoms with E-state index in [9.17, 15) is 9.90 Å². The number of nitrogens with two attached hydrogens (primary N) is 1. The van der Waals surface area contributed by atoms with E-state index in [1.807, 2.05) is 0 Å². The van der Waals surface area contributed by atoms with Gasteiger partial charge in [0.1, 0.15) is 0 Å². The number of hydrogen-bond donors (Lipinski definition) is 2. The number of nitrogens with zero attached hydrogens (tertiary/aromatic N) is 1. The fourth-order valence-electron chi connectivity index (χ4n) is 1.80. The Kier molecular flexibility index (Phi) is 3.16. The predicted molar refractivity (Wildman–Crippen MR) is 65.1 cm³/mol. The maximum Gasteiger partial charge on any atom is 0.255 e. The van der Waals surface area contributed by atoms with Gasteiger partial charge < -0.3 is 15.7 Å². The summed E-state index contributed by atoms with van der Waals surface area (Å²) in [6, 6.07) is 5.14. The van der Waals surface area contributed by atoms with Crippen molar-refractivity contribution in [2.45, 2.75) is 12.5 Å². The fourth-order valence-corrected chi connectivity index (χ4v) is 2.22. The number of hydrogen-bond acceptors (Lipinski definition) is 3. The Labute approximate surface area is 102 Å². The maximum absolute atomic E-state index is 12.1. The zero-order valence-corrected chi connectivity index (χ0v) is 10.3. The summed E-state index contributed by atoms with van der Waals surface area (Å²) in [6.07, 6.45) is 0.245. The molecule has 0 aromatic heterocycles. The molecule has 1 aliphatic heterocycles. The van der Waals surface area contributed by atoms with Crippen LogP contribution in [0.5, 0.6) is 0 Å². The predicted octanol–water partition coefficient (Wildman–Crippen LogP) is 1.24. The molecule has 5 heteroatoms. The van der Waals surface area contributed by atoms with Crippen LogP contribution in [0.25, 0.3) is 0 Å². The van der Waals surface area contributed by atoms with E-state index in [1.54, 1.807) is 23.1 Å². The van der Waals surface area contributed by atoms with E-state index >= 15 is 0 Å². The highest BCUT2D eigenvalue weighted by molar-refractivity contribution is 9.10. The summed E-state index contributed by atoms with van der Waals surface area (Å²) in [5, 5.41) is 9.39. The van der Waals surface area contributed by atoms with Crippen molar-refractivity contribution < 1.29 is 9.90 Å². The molecule has 1 saturated heterocycles. The van der Waals surface area contributed by atoms with Gasteiger partial charge in [0.2, 0.25) is 0 Å². The number of carbonyl (C=O) groups is 1. The number of aliphatic hydroxyl groups is 1. The molecule has 1 fully saturated rings. The van der Waals surface area contributed by atoms with Crippen LogP contribution in [0, 0.1) is 0 Å². The van der Waals surface area contributed by atoms with Gasteiger partial charge in [0.15, 0.2) is 0 Å². The van der Waals surface area contributed by atoms with E-state index in [0.717, 1.165) is 4.47 Å². The van der Waals surface area contributed by atoms with Gasteiger partial charge >= 0.3 is 0 Å². The molecule has 1 heterocycles. The molecule has 1 unspecified atom stereocenters. The van der Waals surface area contributed by atoms with Gasteiger partial charge in [-0.2, -0.15) is 0 Å². The van der Waals surface area contributed by atoms with Crippen LogP contribution >= 0.6 is 15.9 Å². The fraction of sp³-hybridized carbons (Fsp3) is 0.364. The zero-order chi connectivity index (χ0) is 11.7. The lowest BCUT2D eigenvalue weighted by atomic mass is 10.2. The standard InChI is InChI=1S/C11H13BrN2O2/c12-10-2-1-7(13)5-9(10)11(16)14-4-3-8(15)6-14/h1-2,5,8,15H,3-4,6,13H2. The van der Waals surface area contributed by atoms with Gasteiger partial charge in [-0.25, -0.2) is 0 Å². The van der Waals surface area contributed by atoms with Crippen molar-refractivity contribution in [3.63, 3.8) is 0 Å². The summed E-state index contributed by atoms with van der Waals surface area (Å²) in [4.78, 5) is 13.7. The minimum absolute atomic E-state index is 0.0873. The molecule has 0 aliphatic carbocycles. The Morgan fingerprint density at radius 1 is 1.56 bits per heavy atom. The second-order valence-corrected chi connectivity index (χ2v) is 4.79. The van der Waals surface area contributed by atoms with Crippen LogP contribution in [0.2, 0.25) is 0 Å². The number of likely N-dealkylation sites (tertiary alicyclic amines) is 1. The molecular weight excluding hydrogens is 272 g/mol. The van der Waals surface area contributed by atoms with Crippen LogP contribution in [-0.2, 0) is 0 Å². The lowest BCUT2D eigenvalue weighted by Gasteiger charge is -2.16. The van der Waals surface area contributed by atoms with Crippen LogP contribution in [0.3, 0.4) is 0 Å². The average molecular weight is 285 g/mol. The van der Waals surface area contributed by atoms with E-state index in [4.69, 9.17) is 5.73 Å². The molecule has 1 amide bonds. The third-order valence-electron chi connectivity index (χ3n) is 2.67. The van der Waals surface area contributed by atoms with Crippen molar-refractivity contribution in [3.05, 3.63) is 28.2 Å².